The van der Waals surface area contributed by atoms with Crippen LogP contribution >= 0.6 is 24.0 Å². The average Bonchev–Trinajstić information content (AvgIpc) is 3.02. The molecule has 3 rings (SSSR count). The van der Waals surface area contributed by atoms with Gasteiger partial charge in [0.25, 0.3) is 0 Å². The summed E-state index contributed by atoms with van der Waals surface area (Å²) >= 11 is 0. The van der Waals surface area contributed by atoms with Gasteiger partial charge in [-0.15, -0.1) is 24.0 Å². The number of aromatic nitrogens is 1. The lowest BCUT2D eigenvalue weighted by molar-refractivity contribution is 0.414. The Balaban J connectivity index is 0.00000280. The van der Waals surface area contributed by atoms with Crippen molar-refractivity contribution in [3.05, 3.63) is 65.4 Å². The zero-order valence-corrected chi connectivity index (χ0v) is 19.0. The summed E-state index contributed by atoms with van der Waals surface area (Å²) in [5, 5.41) is 8.09. The van der Waals surface area contributed by atoms with E-state index in [2.05, 4.69) is 63.9 Å². The number of fused-ring (bicyclic) bond motifs is 1. The topological polar surface area (TPSA) is 61.4 Å². The third-order valence-electron chi connectivity index (χ3n) is 4.78. The first kappa shape index (κ1) is 22.1. The van der Waals surface area contributed by atoms with E-state index in [4.69, 9.17) is 4.74 Å². The highest BCUT2D eigenvalue weighted by molar-refractivity contribution is 14.0. The molecule has 0 aliphatic carbocycles. The summed E-state index contributed by atoms with van der Waals surface area (Å²) in [6.07, 6.45) is 1.89. The molecule has 0 amide bonds. The number of nitrogens with zero attached hydrogens (tertiary/aromatic N) is 1. The number of para-hydroxylation sites is 1. The van der Waals surface area contributed by atoms with Gasteiger partial charge in [-0.05, 0) is 49.1 Å². The van der Waals surface area contributed by atoms with Crippen molar-refractivity contribution in [3.8, 4) is 5.75 Å². The summed E-state index contributed by atoms with van der Waals surface area (Å²) in [6.45, 7) is 3.81. The molecule has 150 valence electrons. The number of hydrogen-bond donors (Lipinski definition) is 3. The maximum atomic E-state index is 5.19. The number of benzene rings is 2. The van der Waals surface area contributed by atoms with Crippen LogP contribution in [-0.2, 0) is 12.8 Å². The second kappa shape index (κ2) is 10.9. The Kier molecular flexibility index (Phi) is 8.63. The van der Waals surface area contributed by atoms with Gasteiger partial charge in [0.05, 0.1) is 7.11 Å². The van der Waals surface area contributed by atoms with Gasteiger partial charge in [-0.3, -0.25) is 4.99 Å². The summed E-state index contributed by atoms with van der Waals surface area (Å²) < 4.78 is 5.19. The lowest BCUT2D eigenvalue weighted by atomic mass is 10.1. The zero-order chi connectivity index (χ0) is 19.1. The van der Waals surface area contributed by atoms with Crippen molar-refractivity contribution in [2.75, 3.05) is 27.2 Å². The van der Waals surface area contributed by atoms with Crippen molar-refractivity contribution in [3.63, 3.8) is 0 Å². The Morgan fingerprint density at radius 3 is 2.36 bits per heavy atom. The first-order valence-corrected chi connectivity index (χ1v) is 9.35. The molecule has 2 aromatic carbocycles. The molecule has 0 fully saturated rings. The van der Waals surface area contributed by atoms with Gasteiger partial charge < -0.3 is 20.4 Å². The Bertz CT molecular complexity index is 903. The Morgan fingerprint density at radius 2 is 1.68 bits per heavy atom. The molecule has 1 heterocycles. The smallest absolute Gasteiger partial charge is 0.190 e. The monoisotopic (exact) mass is 492 g/mol. The molecule has 0 aliphatic heterocycles. The number of halogens is 1. The number of aryl methyl sites for hydroxylation is 1. The third kappa shape index (κ3) is 5.64. The molecule has 0 bridgehead atoms. The number of ether oxygens (including phenoxy) is 1. The van der Waals surface area contributed by atoms with Crippen LogP contribution in [0.2, 0.25) is 0 Å². The van der Waals surface area contributed by atoms with Crippen molar-refractivity contribution in [2.45, 2.75) is 19.8 Å². The van der Waals surface area contributed by atoms with E-state index in [0.717, 1.165) is 37.6 Å². The van der Waals surface area contributed by atoms with Gasteiger partial charge in [-0.1, -0.05) is 30.3 Å². The Hall–Kier alpha value is -2.22. The van der Waals surface area contributed by atoms with E-state index >= 15 is 0 Å². The summed E-state index contributed by atoms with van der Waals surface area (Å²) in [7, 11) is 3.49. The molecular weight excluding hydrogens is 463 g/mol. The largest absolute Gasteiger partial charge is 0.497 e. The lowest BCUT2D eigenvalue weighted by Gasteiger charge is -2.12. The van der Waals surface area contributed by atoms with Crippen LogP contribution in [0.3, 0.4) is 0 Å². The fraction of sp³-hybridized carbons (Fsp3) is 0.318. The van der Waals surface area contributed by atoms with Crippen LogP contribution in [0.25, 0.3) is 10.9 Å². The molecule has 3 aromatic rings. The predicted molar refractivity (Wildman–Crippen MR) is 128 cm³/mol. The van der Waals surface area contributed by atoms with Crippen molar-refractivity contribution in [2.24, 2.45) is 4.99 Å². The van der Waals surface area contributed by atoms with Crippen molar-refractivity contribution in [1.29, 1.82) is 0 Å². The highest BCUT2D eigenvalue weighted by Crippen LogP contribution is 2.21. The fourth-order valence-electron chi connectivity index (χ4n) is 3.30. The standard InChI is InChI=1S/C22H28N4O.HI/c1-16-19(20-6-4-5-7-21(20)26-16)13-15-25-22(23-2)24-14-12-17-8-10-18(27-3)11-9-17;/h4-11,26H,12-15H2,1-3H3,(H2,23,24,25);1H. The minimum absolute atomic E-state index is 0. The zero-order valence-electron chi connectivity index (χ0n) is 16.7. The van der Waals surface area contributed by atoms with Crippen LogP contribution in [0.1, 0.15) is 16.8 Å². The van der Waals surface area contributed by atoms with Gasteiger partial charge >= 0.3 is 0 Å². The maximum Gasteiger partial charge on any atom is 0.190 e. The van der Waals surface area contributed by atoms with E-state index in [1.807, 2.05) is 12.1 Å². The van der Waals surface area contributed by atoms with Crippen LogP contribution < -0.4 is 15.4 Å². The molecular formula is C22H29IN4O. The normalized spacial score (nSPS) is 11.2. The van der Waals surface area contributed by atoms with Gasteiger partial charge in [0, 0.05) is 36.7 Å². The molecule has 3 N–H and O–H groups in total. The summed E-state index contributed by atoms with van der Waals surface area (Å²) in [5.41, 5.74) is 5.08. The van der Waals surface area contributed by atoms with E-state index < -0.39 is 0 Å². The van der Waals surface area contributed by atoms with E-state index in [1.165, 1.54) is 27.7 Å². The quantitative estimate of drug-likeness (QED) is 0.265. The molecule has 0 saturated heterocycles. The van der Waals surface area contributed by atoms with Crippen LogP contribution in [-0.4, -0.2) is 38.2 Å². The number of aromatic amines is 1. The molecule has 0 spiro atoms. The number of guanidine groups is 1. The van der Waals surface area contributed by atoms with E-state index in [1.54, 1.807) is 14.2 Å². The number of H-pyrrole nitrogens is 1. The lowest BCUT2D eigenvalue weighted by Crippen LogP contribution is -2.39. The second-order valence-electron chi connectivity index (χ2n) is 6.55. The van der Waals surface area contributed by atoms with Crippen LogP contribution in [0.15, 0.2) is 53.5 Å². The van der Waals surface area contributed by atoms with Crippen LogP contribution in [0.4, 0.5) is 0 Å². The first-order valence-electron chi connectivity index (χ1n) is 9.35. The summed E-state index contributed by atoms with van der Waals surface area (Å²) in [4.78, 5) is 7.77. The van der Waals surface area contributed by atoms with Crippen LogP contribution in [0, 0.1) is 6.92 Å². The van der Waals surface area contributed by atoms with Gasteiger partial charge in [-0.25, -0.2) is 0 Å². The Morgan fingerprint density at radius 1 is 1.00 bits per heavy atom. The molecule has 0 saturated carbocycles. The fourth-order valence-corrected chi connectivity index (χ4v) is 3.30. The summed E-state index contributed by atoms with van der Waals surface area (Å²) in [6, 6.07) is 16.6. The minimum Gasteiger partial charge on any atom is -0.497 e. The number of nitrogens with one attached hydrogen (secondary N) is 3. The maximum absolute atomic E-state index is 5.19. The van der Waals surface area contributed by atoms with Gasteiger partial charge in [0.1, 0.15) is 5.75 Å². The molecule has 0 unspecified atom stereocenters. The van der Waals surface area contributed by atoms with Crippen molar-refractivity contribution in [1.82, 2.24) is 15.6 Å². The predicted octanol–water partition coefficient (Wildman–Crippen LogP) is 4.05. The number of aliphatic imine (C=N–C) groups is 1. The molecule has 0 atom stereocenters. The molecule has 6 heteroatoms. The highest BCUT2D eigenvalue weighted by Gasteiger charge is 2.07. The second-order valence-corrected chi connectivity index (χ2v) is 6.55. The van der Waals surface area contributed by atoms with Gasteiger partial charge in [0.15, 0.2) is 5.96 Å². The van der Waals surface area contributed by atoms with Crippen LogP contribution in [0.5, 0.6) is 5.75 Å². The molecule has 0 radical (unpaired) electrons. The molecule has 0 aliphatic rings. The van der Waals surface area contributed by atoms with Gasteiger partial charge in [-0.2, -0.15) is 0 Å². The molecule has 28 heavy (non-hydrogen) atoms. The van der Waals surface area contributed by atoms with Crippen molar-refractivity contribution < 1.29 is 4.74 Å². The minimum atomic E-state index is 0. The SMILES string of the molecule is CN=C(NCCc1ccc(OC)cc1)NCCc1c(C)[nH]c2ccccc12.I. The summed E-state index contributed by atoms with van der Waals surface area (Å²) in [5.74, 6) is 1.72. The number of rotatable bonds is 7. The van der Waals surface area contributed by atoms with E-state index in [0.29, 0.717) is 0 Å². The van der Waals surface area contributed by atoms with Crippen molar-refractivity contribution >= 4 is 40.8 Å². The average molecular weight is 492 g/mol. The third-order valence-corrected chi connectivity index (χ3v) is 4.78. The first-order chi connectivity index (χ1) is 13.2. The van der Waals surface area contributed by atoms with Gasteiger partial charge in [0.2, 0.25) is 0 Å². The Labute approximate surface area is 184 Å². The highest BCUT2D eigenvalue weighted by atomic mass is 127. The number of methoxy groups -OCH3 is 1. The van der Waals surface area contributed by atoms with E-state index in [9.17, 15) is 0 Å². The number of hydrogen-bond acceptors (Lipinski definition) is 2. The molecule has 1 aromatic heterocycles. The molecule has 5 nitrogen and oxygen atoms in total. The van der Waals surface area contributed by atoms with E-state index in [-0.39, 0.29) is 24.0 Å².